The Hall–Kier alpha value is -3.66. The Morgan fingerprint density at radius 3 is 2.59 bits per heavy atom. The van der Waals surface area contributed by atoms with Crippen LogP contribution in [-0.4, -0.2) is 60.9 Å². The van der Waals surface area contributed by atoms with Crippen LogP contribution in [-0.2, 0) is 16.1 Å². The van der Waals surface area contributed by atoms with Gasteiger partial charge in [-0.2, -0.15) is 0 Å². The van der Waals surface area contributed by atoms with Crippen molar-refractivity contribution >= 4 is 55.7 Å². The van der Waals surface area contributed by atoms with Crippen molar-refractivity contribution in [3.8, 4) is 0 Å². The summed E-state index contributed by atoms with van der Waals surface area (Å²) >= 11 is 1.30. The van der Waals surface area contributed by atoms with Crippen LogP contribution >= 0.6 is 11.3 Å². The predicted molar refractivity (Wildman–Crippen MR) is 144 cm³/mol. The first-order valence-electron chi connectivity index (χ1n) is 12.0. The SMILES string of the molecule is COCc1ccc(C(C)=O)c2sc(C(=O)Nc3ccc4c(C(=O)N5CCOCC5)cccc4n3)c(C)c12. The summed E-state index contributed by atoms with van der Waals surface area (Å²) in [6, 6.07) is 12.6. The molecular weight excluding hydrogens is 490 g/mol. The molecule has 2 aromatic heterocycles. The van der Waals surface area contributed by atoms with Crippen LogP contribution in [0.4, 0.5) is 5.82 Å². The summed E-state index contributed by atoms with van der Waals surface area (Å²) < 4.78 is 11.5. The van der Waals surface area contributed by atoms with E-state index in [1.54, 1.807) is 36.3 Å². The fourth-order valence-electron chi connectivity index (χ4n) is 4.72. The van der Waals surface area contributed by atoms with Crippen LogP contribution in [0.25, 0.3) is 21.0 Å². The monoisotopic (exact) mass is 517 g/mol. The van der Waals surface area contributed by atoms with Crippen molar-refractivity contribution in [3.05, 3.63) is 69.6 Å². The number of pyridine rings is 1. The fourth-order valence-corrected chi connectivity index (χ4v) is 6.03. The van der Waals surface area contributed by atoms with Gasteiger partial charge in [0.05, 0.1) is 30.2 Å². The topological polar surface area (TPSA) is 97.8 Å². The summed E-state index contributed by atoms with van der Waals surface area (Å²) in [6.07, 6.45) is 0. The average Bonchev–Trinajstić information content (AvgIpc) is 3.26. The summed E-state index contributed by atoms with van der Waals surface area (Å²) in [5.74, 6) is -0.0273. The van der Waals surface area contributed by atoms with Crippen LogP contribution in [0.5, 0.6) is 0 Å². The normalized spacial score (nSPS) is 13.8. The largest absolute Gasteiger partial charge is 0.380 e. The van der Waals surface area contributed by atoms with E-state index in [1.807, 2.05) is 25.1 Å². The molecule has 0 unspecified atom stereocenters. The molecule has 1 aliphatic heterocycles. The van der Waals surface area contributed by atoms with E-state index in [0.29, 0.717) is 60.2 Å². The number of aromatic nitrogens is 1. The molecule has 3 heterocycles. The number of aryl methyl sites for hydroxylation is 1. The number of nitrogens with one attached hydrogen (secondary N) is 1. The van der Waals surface area contributed by atoms with Gasteiger partial charge < -0.3 is 19.7 Å². The highest BCUT2D eigenvalue weighted by Gasteiger charge is 2.23. The van der Waals surface area contributed by atoms with Gasteiger partial charge in [0.25, 0.3) is 11.8 Å². The third-order valence-electron chi connectivity index (χ3n) is 6.55. The molecule has 4 aromatic rings. The number of carbonyl (C=O) groups is 3. The number of Topliss-reactive ketones (excluding diaryl/α,β-unsaturated/α-hetero) is 1. The van der Waals surface area contributed by atoms with Gasteiger partial charge in [0.15, 0.2) is 5.78 Å². The highest BCUT2D eigenvalue weighted by atomic mass is 32.1. The summed E-state index contributed by atoms with van der Waals surface area (Å²) in [7, 11) is 1.62. The van der Waals surface area contributed by atoms with Gasteiger partial charge in [-0.05, 0) is 55.3 Å². The number of benzene rings is 2. The van der Waals surface area contributed by atoms with Crippen molar-refractivity contribution in [1.29, 1.82) is 0 Å². The number of amides is 2. The number of morpholine rings is 1. The van der Waals surface area contributed by atoms with E-state index in [2.05, 4.69) is 10.3 Å². The molecular formula is C28H27N3O5S. The number of fused-ring (bicyclic) bond motifs is 2. The second-order valence-electron chi connectivity index (χ2n) is 8.95. The maximum Gasteiger partial charge on any atom is 0.267 e. The van der Waals surface area contributed by atoms with Gasteiger partial charge in [0, 0.05) is 46.8 Å². The molecule has 0 radical (unpaired) electrons. The van der Waals surface area contributed by atoms with Crippen molar-refractivity contribution in [2.24, 2.45) is 0 Å². The molecule has 5 rings (SSSR count). The standard InChI is InChI=1S/C28H27N3O5S/c1-16-24-18(15-35-3)7-8-19(17(2)32)26(24)37-25(16)27(33)30-23-10-9-20-21(5-4-6-22(20)29-23)28(34)31-11-13-36-14-12-31/h4-10H,11-15H2,1-3H3,(H,29,30,33). The maximum absolute atomic E-state index is 13.3. The Morgan fingerprint density at radius 1 is 1.08 bits per heavy atom. The molecule has 1 aliphatic rings. The van der Waals surface area contributed by atoms with Crippen molar-refractivity contribution in [2.45, 2.75) is 20.5 Å². The molecule has 1 N–H and O–H groups in total. The molecule has 0 atom stereocenters. The van der Waals surface area contributed by atoms with Crippen molar-refractivity contribution in [2.75, 3.05) is 38.7 Å². The van der Waals surface area contributed by atoms with E-state index in [1.165, 1.54) is 18.3 Å². The minimum Gasteiger partial charge on any atom is -0.380 e. The van der Waals surface area contributed by atoms with E-state index < -0.39 is 0 Å². The number of methoxy groups -OCH3 is 1. The second kappa shape index (κ2) is 10.4. The maximum atomic E-state index is 13.3. The van der Waals surface area contributed by atoms with Gasteiger partial charge in [-0.25, -0.2) is 4.98 Å². The van der Waals surface area contributed by atoms with Crippen molar-refractivity contribution < 1.29 is 23.9 Å². The van der Waals surface area contributed by atoms with Gasteiger partial charge in [0.2, 0.25) is 0 Å². The summed E-state index contributed by atoms with van der Waals surface area (Å²) in [6.45, 7) is 5.97. The minimum atomic E-state index is -0.302. The van der Waals surface area contributed by atoms with E-state index in [9.17, 15) is 14.4 Å². The first-order valence-corrected chi connectivity index (χ1v) is 12.8. The number of thiophene rings is 1. The summed E-state index contributed by atoms with van der Waals surface area (Å²) in [4.78, 5) is 45.6. The predicted octanol–water partition coefficient (Wildman–Crippen LogP) is 4.83. The molecule has 2 amide bonds. The number of anilines is 1. The number of nitrogens with zero attached hydrogens (tertiary/aromatic N) is 2. The minimum absolute atomic E-state index is 0.0541. The molecule has 2 aromatic carbocycles. The fraction of sp³-hybridized carbons (Fsp3) is 0.286. The Labute approximate surface area is 218 Å². The lowest BCUT2D eigenvalue weighted by atomic mass is 10.0. The number of hydrogen-bond acceptors (Lipinski definition) is 7. The van der Waals surface area contributed by atoms with Crippen LogP contribution in [0.3, 0.4) is 0 Å². The number of hydrogen-bond donors (Lipinski definition) is 1. The lowest BCUT2D eigenvalue weighted by Gasteiger charge is -2.27. The van der Waals surface area contributed by atoms with E-state index >= 15 is 0 Å². The van der Waals surface area contributed by atoms with Gasteiger partial charge in [-0.3, -0.25) is 14.4 Å². The Balaban J connectivity index is 1.46. The van der Waals surface area contributed by atoms with E-state index in [0.717, 1.165) is 26.6 Å². The van der Waals surface area contributed by atoms with Gasteiger partial charge in [-0.15, -0.1) is 11.3 Å². The van der Waals surface area contributed by atoms with Crippen LogP contribution < -0.4 is 5.32 Å². The van der Waals surface area contributed by atoms with Crippen LogP contribution in [0, 0.1) is 6.92 Å². The first kappa shape index (κ1) is 25.0. The highest BCUT2D eigenvalue weighted by molar-refractivity contribution is 7.21. The first-order chi connectivity index (χ1) is 17.9. The Morgan fingerprint density at radius 2 is 1.86 bits per heavy atom. The summed E-state index contributed by atoms with van der Waals surface area (Å²) in [5, 5.41) is 4.50. The van der Waals surface area contributed by atoms with Crippen molar-refractivity contribution in [1.82, 2.24) is 9.88 Å². The Bertz CT molecular complexity index is 1540. The Kier molecular flexibility index (Phi) is 7.01. The zero-order chi connectivity index (χ0) is 26.1. The molecule has 37 heavy (non-hydrogen) atoms. The number of ether oxygens (including phenoxy) is 2. The van der Waals surface area contributed by atoms with Crippen LogP contribution in [0.2, 0.25) is 0 Å². The van der Waals surface area contributed by atoms with Gasteiger partial charge >= 0.3 is 0 Å². The zero-order valence-electron chi connectivity index (χ0n) is 20.9. The average molecular weight is 518 g/mol. The van der Waals surface area contributed by atoms with Crippen LogP contribution in [0.15, 0.2) is 42.5 Å². The van der Waals surface area contributed by atoms with E-state index in [-0.39, 0.29) is 17.6 Å². The lowest BCUT2D eigenvalue weighted by Crippen LogP contribution is -2.40. The number of rotatable bonds is 6. The molecule has 1 saturated heterocycles. The molecule has 8 nitrogen and oxygen atoms in total. The summed E-state index contributed by atoms with van der Waals surface area (Å²) in [5.41, 5.74) is 3.51. The third-order valence-corrected chi connectivity index (χ3v) is 7.88. The van der Waals surface area contributed by atoms with Crippen LogP contribution in [0.1, 0.15) is 48.4 Å². The molecule has 0 aliphatic carbocycles. The van der Waals surface area contributed by atoms with Gasteiger partial charge in [0.1, 0.15) is 5.82 Å². The number of ketones is 1. The molecule has 190 valence electrons. The molecule has 0 bridgehead atoms. The third kappa shape index (κ3) is 4.73. The lowest BCUT2D eigenvalue weighted by molar-refractivity contribution is 0.0304. The van der Waals surface area contributed by atoms with E-state index in [4.69, 9.17) is 9.47 Å². The molecule has 9 heteroatoms. The number of carbonyl (C=O) groups excluding carboxylic acids is 3. The molecule has 0 saturated carbocycles. The zero-order valence-corrected chi connectivity index (χ0v) is 21.7. The molecule has 0 spiro atoms. The highest BCUT2D eigenvalue weighted by Crippen LogP contribution is 2.37. The quantitative estimate of drug-likeness (QED) is 0.368. The molecule has 1 fully saturated rings. The van der Waals surface area contributed by atoms with Gasteiger partial charge in [-0.1, -0.05) is 12.1 Å². The second-order valence-corrected chi connectivity index (χ2v) is 9.97. The smallest absolute Gasteiger partial charge is 0.267 e. The van der Waals surface area contributed by atoms with Crippen molar-refractivity contribution in [3.63, 3.8) is 0 Å².